The number of hydrogen-bond acceptors (Lipinski definition) is 0. The van der Waals surface area contributed by atoms with Gasteiger partial charge >= 0.3 is 0 Å². The summed E-state index contributed by atoms with van der Waals surface area (Å²) in [7, 11) is 0. The summed E-state index contributed by atoms with van der Waals surface area (Å²) in [5.41, 5.74) is 2.39. The Morgan fingerprint density at radius 1 is 1.50 bits per heavy atom. The zero-order chi connectivity index (χ0) is 6.97. The Bertz CT molecular complexity index is 313. The number of fused-ring (bicyclic) bond motifs is 1. The van der Waals surface area contributed by atoms with Gasteiger partial charge in [0.15, 0.2) is 0 Å². The highest BCUT2D eigenvalue weighted by atomic mass is 14.7. The Labute approximate surface area is 59.7 Å². The maximum Gasteiger partial charge on any atom is 0.0456 e. The van der Waals surface area contributed by atoms with E-state index in [1.807, 2.05) is 18.2 Å². The second kappa shape index (κ2) is 1.87. The molecule has 0 unspecified atom stereocenters. The third-order valence-corrected chi connectivity index (χ3v) is 1.60. The molecule has 0 fully saturated rings. The Morgan fingerprint density at radius 2 is 2.40 bits per heavy atom. The monoisotopic (exact) mass is 130 g/mol. The maximum atomic E-state index is 3.24. The molecule has 0 spiro atoms. The van der Waals surface area contributed by atoms with Gasteiger partial charge in [0.05, 0.1) is 0 Å². The van der Waals surface area contributed by atoms with Crippen molar-refractivity contribution in [2.24, 2.45) is 0 Å². The predicted octanol–water partition coefficient (Wildman–Crippen LogP) is 2.28. The van der Waals surface area contributed by atoms with Crippen molar-refractivity contribution in [3.63, 3.8) is 0 Å². The van der Waals surface area contributed by atoms with E-state index in [4.69, 9.17) is 0 Å². The van der Waals surface area contributed by atoms with Gasteiger partial charge in [0.25, 0.3) is 0 Å². The van der Waals surface area contributed by atoms with E-state index in [0.717, 1.165) is 0 Å². The van der Waals surface area contributed by atoms with Crippen molar-refractivity contribution < 1.29 is 0 Å². The number of rotatable bonds is 0. The second-order valence-corrected chi connectivity index (χ2v) is 2.47. The summed E-state index contributed by atoms with van der Waals surface area (Å²) in [6.45, 7) is 2.06. The van der Waals surface area contributed by atoms with Crippen LogP contribution in [0.5, 0.6) is 0 Å². The molecule has 0 bridgehead atoms. The number of hydrogen-bond donors (Lipinski definition) is 1. The zero-order valence-electron chi connectivity index (χ0n) is 5.81. The van der Waals surface area contributed by atoms with Gasteiger partial charge in [-0.2, -0.15) is 0 Å². The molecule has 1 aromatic carbocycles. The summed E-state index contributed by atoms with van der Waals surface area (Å²) in [5.74, 6) is 0. The molecule has 1 aromatic heterocycles. The first-order chi connectivity index (χ1) is 4.86. The van der Waals surface area contributed by atoms with Crippen LogP contribution in [0.25, 0.3) is 10.9 Å². The van der Waals surface area contributed by atoms with Crippen LogP contribution in [-0.2, 0) is 0 Å². The molecular formula is C9H8N. The summed E-state index contributed by atoms with van der Waals surface area (Å²) in [6.07, 6.45) is 0. The molecular weight excluding hydrogens is 122 g/mol. The van der Waals surface area contributed by atoms with Gasteiger partial charge in [-0.1, -0.05) is 6.07 Å². The third kappa shape index (κ3) is 0.711. The first-order valence-electron chi connectivity index (χ1n) is 3.32. The molecule has 1 nitrogen and oxygen atoms in total. The molecule has 0 amide bonds. The lowest BCUT2D eigenvalue weighted by molar-refractivity contribution is 1.30. The van der Waals surface area contributed by atoms with Gasteiger partial charge in [0, 0.05) is 16.6 Å². The summed E-state index contributed by atoms with van der Waals surface area (Å²) in [5, 5.41) is 1.24. The van der Waals surface area contributed by atoms with Crippen LogP contribution in [-0.4, -0.2) is 4.98 Å². The van der Waals surface area contributed by atoms with Crippen LogP contribution in [0.3, 0.4) is 0 Å². The summed E-state index contributed by atoms with van der Waals surface area (Å²) >= 11 is 0. The van der Waals surface area contributed by atoms with Crippen LogP contribution in [0.4, 0.5) is 0 Å². The lowest BCUT2D eigenvalue weighted by Gasteiger charge is -1.83. The number of aromatic amines is 1. The van der Waals surface area contributed by atoms with E-state index in [9.17, 15) is 0 Å². The van der Waals surface area contributed by atoms with Gasteiger partial charge < -0.3 is 4.98 Å². The molecule has 1 heterocycles. The fourth-order valence-corrected chi connectivity index (χ4v) is 1.16. The number of aryl methyl sites for hydroxylation is 1. The number of benzene rings is 1. The standard InChI is InChI=1S/C9H8N/c1-7-6-8-4-2-3-5-9(8)10-7/h3-6,10H,1H3. The maximum absolute atomic E-state index is 3.24. The topological polar surface area (TPSA) is 15.8 Å². The van der Waals surface area contributed by atoms with Crippen LogP contribution >= 0.6 is 0 Å². The van der Waals surface area contributed by atoms with E-state index < -0.39 is 0 Å². The molecule has 2 aromatic rings. The smallest absolute Gasteiger partial charge is 0.0456 e. The molecule has 0 atom stereocenters. The van der Waals surface area contributed by atoms with Crippen molar-refractivity contribution in [3.8, 4) is 0 Å². The molecule has 10 heavy (non-hydrogen) atoms. The summed E-state index contributed by atoms with van der Waals surface area (Å²) in [6, 6.07) is 11.1. The Balaban J connectivity index is 2.88. The number of H-pyrrole nitrogens is 1. The van der Waals surface area contributed by atoms with E-state index in [1.165, 1.54) is 16.6 Å². The van der Waals surface area contributed by atoms with Crippen LogP contribution < -0.4 is 0 Å². The molecule has 0 saturated heterocycles. The van der Waals surface area contributed by atoms with Crippen molar-refractivity contribution >= 4 is 10.9 Å². The molecule has 0 aliphatic rings. The van der Waals surface area contributed by atoms with Crippen molar-refractivity contribution in [3.05, 3.63) is 36.0 Å². The van der Waals surface area contributed by atoms with Crippen LogP contribution in [0, 0.1) is 13.0 Å². The summed E-state index contributed by atoms with van der Waals surface area (Å²) < 4.78 is 0. The van der Waals surface area contributed by atoms with Gasteiger partial charge in [-0.05, 0) is 31.2 Å². The average molecular weight is 130 g/mol. The van der Waals surface area contributed by atoms with E-state index in [0.29, 0.717) is 0 Å². The van der Waals surface area contributed by atoms with Gasteiger partial charge in [-0.3, -0.25) is 0 Å². The largest absolute Gasteiger partial charge is 0.359 e. The molecule has 1 heteroatoms. The van der Waals surface area contributed by atoms with Gasteiger partial charge in [-0.15, -0.1) is 0 Å². The minimum absolute atomic E-state index is 1.19. The van der Waals surface area contributed by atoms with E-state index in [1.54, 1.807) is 0 Å². The third-order valence-electron chi connectivity index (χ3n) is 1.60. The van der Waals surface area contributed by atoms with Crippen molar-refractivity contribution in [2.45, 2.75) is 6.92 Å². The highest BCUT2D eigenvalue weighted by molar-refractivity contribution is 5.79. The highest BCUT2D eigenvalue weighted by Crippen LogP contribution is 2.12. The fraction of sp³-hybridized carbons (Fsp3) is 0.111. The van der Waals surface area contributed by atoms with Crippen molar-refractivity contribution in [1.82, 2.24) is 4.98 Å². The predicted molar refractivity (Wildman–Crippen MR) is 41.9 cm³/mol. The molecule has 1 N–H and O–H groups in total. The minimum atomic E-state index is 1.19. The first kappa shape index (κ1) is 5.54. The fourth-order valence-electron chi connectivity index (χ4n) is 1.16. The molecule has 49 valence electrons. The normalized spacial score (nSPS) is 10.5. The molecule has 1 radical (unpaired) electrons. The zero-order valence-corrected chi connectivity index (χ0v) is 5.81. The Kier molecular flexibility index (Phi) is 1.04. The number of nitrogens with one attached hydrogen (secondary N) is 1. The lowest BCUT2D eigenvalue weighted by Crippen LogP contribution is -1.65. The van der Waals surface area contributed by atoms with Gasteiger partial charge in [0.2, 0.25) is 0 Å². The van der Waals surface area contributed by atoms with Crippen molar-refractivity contribution in [2.75, 3.05) is 0 Å². The summed E-state index contributed by atoms with van der Waals surface area (Å²) in [4.78, 5) is 3.24. The quantitative estimate of drug-likeness (QED) is 0.563. The minimum Gasteiger partial charge on any atom is -0.359 e. The van der Waals surface area contributed by atoms with Crippen molar-refractivity contribution in [1.29, 1.82) is 0 Å². The average Bonchev–Trinajstić information content (AvgIpc) is 2.27. The Hall–Kier alpha value is -1.24. The van der Waals surface area contributed by atoms with Gasteiger partial charge in [0.1, 0.15) is 0 Å². The first-order valence-corrected chi connectivity index (χ1v) is 3.32. The van der Waals surface area contributed by atoms with E-state index in [-0.39, 0.29) is 0 Å². The van der Waals surface area contributed by atoms with Gasteiger partial charge in [-0.25, -0.2) is 0 Å². The van der Waals surface area contributed by atoms with Crippen LogP contribution in [0.1, 0.15) is 5.69 Å². The molecule has 0 aliphatic heterocycles. The molecule has 2 rings (SSSR count). The second-order valence-electron chi connectivity index (χ2n) is 2.47. The molecule has 0 saturated carbocycles. The van der Waals surface area contributed by atoms with E-state index in [2.05, 4.69) is 24.0 Å². The molecule has 0 aliphatic carbocycles. The SMILES string of the molecule is Cc1cc2c[c]ccc2[nH]1. The lowest BCUT2D eigenvalue weighted by atomic mass is 10.2. The highest BCUT2D eigenvalue weighted by Gasteiger charge is 1.92. The number of aromatic nitrogens is 1. The van der Waals surface area contributed by atoms with E-state index >= 15 is 0 Å². The van der Waals surface area contributed by atoms with Crippen LogP contribution in [0.2, 0.25) is 0 Å². The van der Waals surface area contributed by atoms with Crippen LogP contribution in [0.15, 0.2) is 24.3 Å². The Morgan fingerprint density at radius 3 is 3.20 bits per heavy atom.